The Morgan fingerprint density at radius 1 is 0.413 bits per heavy atom. The van der Waals surface area contributed by atoms with Gasteiger partial charge in [-0.05, 0) is 306 Å². The zero-order valence-electron chi connectivity index (χ0n) is 71.1. The minimum Gasteiger partial charge on any atom is -0.490 e. The highest BCUT2D eigenvalue weighted by Crippen LogP contribution is 2.49. The summed E-state index contributed by atoms with van der Waals surface area (Å²) in [7, 11) is 0. The number of fused-ring (bicyclic) bond motifs is 4. The molecule has 0 radical (unpaired) electrons. The molecule has 4 atom stereocenters. The van der Waals surface area contributed by atoms with Gasteiger partial charge in [0.15, 0.2) is 0 Å². The van der Waals surface area contributed by atoms with E-state index in [0.29, 0.717) is 69.2 Å². The molecule has 1 heterocycles. The van der Waals surface area contributed by atoms with Crippen molar-refractivity contribution in [3.8, 4) is 23.0 Å². The second-order valence-electron chi connectivity index (χ2n) is 34.6. The fourth-order valence-electron chi connectivity index (χ4n) is 18.7. The summed E-state index contributed by atoms with van der Waals surface area (Å²) in [5.41, 5.74) is 0.0345. The first-order valence-corrected chi connectivity index (χ1v) is 45.0. The van der Waals surface area contributed by atoms with Crippen LogP contribution in [-0.4, -0.2) is 76.1 Å². The van der Waals surface area contributed by atoms with Crippen molar-refractivity contribution in [1.82, 2.24) is 4.90 Å². The van der Waals surface area contributed by atoms with Crippen molar-refractivity contribution in [2.45, 2.75) is 307 Å². The van der Waals surface area contributed by atoms with Gasteiger partial charge in [-0.1, -0.05) is 162 Å². The van der Waals surface area contributed by atoms with E-state index in [2.05, 4.69) is 55.4 Å². The van der Waals surface area contributed by atoms with E-state index in [1.54, 1.807) is 73.7 Å². The van der Waals surface area contributed by atoms with Gasteiger partial charge < -0.3 is 34.3 Å². The maximum absolute atomic E-state index is 14.2. The molecule has 8 aromatic carbocycles. The molecule has 664 valence electrons. The number of halogens is 13. The molecular formula is C98H122BrF12NO9. The first-order valence-electron chi connectivity index (χ1n) is 44.1. The van der Waals surface area contributed by atoms with Crippen LogP contribution in [0.4, 0.5) is 52.7 Å². The molecular weight excluding hydrogens is 1640 g/mol. The summed E-state index contributed by atoms with van der Waals surface area (Å²) in [6.45, 7) is 18.0. The first kappa shape index (κ1) is 95.9. The number of carbonyl (C=O) groups is 2. The van der Waals surface area contributed by atoms with Crippen molar-refractivity contribution in [2.24, 2.45) is 35.5 Å². The Kier molecular flexibility index (Phi) is 34.5. The molecule has 5 aliphatic carbocycles. The van der Waals surface area contributed by atoms with Crippen LogP contribution in [-0.2, 0) is 29.5 Å². The number of rotatable bonds is 20. The molecule has 10 nitrogen and oxygen atoms in total. The molecule has 8 aromatic rings. The summed E-state index contributed by atoms with van der Waals surface area (Å²) in [5.74, 6) is 2.56. The lowest BCUT2D eigenvalue weighted by atomic mass is 9.86. The number of ether oxygens (including phenoxy) is 4. The topological polar surface area (TPSA) is 135 Å². The summed E-state index contributed by atoms with van der Waals surface area (Å²) < 4.78 is 190. The number of aliphatic hydroxyl groups is 2. The van der Waals surface area contributed by atoms with Gasteiger partial charge in [0.2, 0.25) is 0 Å². The van der Waals surface area contributed by atoms with E-state index >= 15 is 0 Å². The zero-order chi connectivity index (χ0) is 87.7. The second kappa shape index (κ2) is 43.5. The van der Waals surface area contributed by atoms with E-state index in [-0.39, 0.29) is 98.3 Å². The number of alkyl halides is 13. The molecule has 0 aromatic heterocycles. The van der Waals surface area contributed by atoms with Crippen LogP contribution in [0, 0.1) is 35.5 Å². The van der Waals surface area contributed by atoms with Crippen LogP contribution in [0.25, 0.3) is 43.1 Å². The lowest BCUT2D eigenvalue weighted by Gasteiger charge is -2.36. The Balaban J connectivity index is 0.000000165. The zero-order valence-corrected chi connectivity index (χ0v) is 72.7. The number of aldehydes is 1. The van der Waals surface area contributed by atoms with Gasteiger partial charge in [0.25, 0.3) is 0 Å². The maximum Gasteiger partial charge on any atom is 0.420 e. The third-order valence-electron chi connectivity index (χ3n) is 26.3. The van der Waals surface area contributed by atoms with Crippen LogP contribution in [0.2, 0.25) is 0 Å². The predicted molar refractivity (Wildman–Crippen MR) is 459 cm³/mol. The summed E-state index contributed by atoms with van der Waals surface area (Å²) >= 11 is 3.47. The molecule has 1 saturated heterocycles. The van der Waals surface area contributed by atoms with Crippen LogP contribution >= 0.6 is 15.9 Å². The number of carboxylic acid groups (broad SMARTS) is 1. The number of aliphatic carboxylic acids is 1. The molecule has 0 spiro atoms. The van der Waals surface area contributed by atoms with Gasteiger partial charge >= 0.3 is 30.7 Å². The number of nitrogens with zero attached hydrogens (tertiary/aromatic N) is 1. The highest BCUT2D eigenvalue weighted by Gasteiger charge is 2.42. The van der Waals surface area contributed by atoms with Crippen molar-refractivity contribution in [3.05, 3.63) is 166 Å². The fraction of sp³-hybridized carbons (Fsp3) is 0.571. The average molecular weight is 1770 g/mol. The number of carboxylic acids is 1. The largest absolute Gasteiger partial charge is 0.490 e. The lowest BCUT2D eigenvalue weighted by molar-refractivity contribution is -0.139. The van der Waals surface area contributed by atoms with Crippen molar-refractivity contribution in [1.29, 1.82) is 0 Å². The highest BCUT2D eigenvalue weighted by molar-refractivity contribution is 9.09. The second-order valence-corrected chi connectivity index (χ2v) is 36.0. The number of hydrogen-bond acceptors (Lipinski definition) is 9. The Morgan fingerprint density at radius 3 is 1.02 bits per heavy atom. The van der Waals surface area contributed by atoms with Gasteiger partial charge in [0, 0.05) is 29.4 Å². The van der Waals surface area contributed by atoms with Gasteiger partial charge in [0.05, 0.1) is 36.6 Å². The van der Waals surface area contributed by atoms with Gasteiger partial charge in [-0.3, -0.25) is 14.5 Å². The van der Waals surface area contributed by atoms with Crippen LogP contribution in [0.15, 0.2) is 121 Å². The summed E-state index contributed by atoms with van der Waals surface area (Å²) in [6.07, 6.45) is 8.12. The molecule has 3 unspecified atom stereocenters. The van der Waals surface area contributed by atoms with E-state index < -0.39 is 59.0 Å². The summed E-state index contributed by atoms with van der Waals surface area (Å²) in [6, 6.07) is 31.6. The minimum atomic E-state index is -4.52. The average Bonchev–Trinajstić information content (AvgIpc) is 0.781. The van der Waals surface area contributed by atoms with E-state index in [4.69, 9.17) is 29.2 Å². The third-order valence-corrected chi connectivity index (χ3v) is 26.9. The minimum absolute atomic E-state index is 0.00462. The molecule has 1 aliphatic heterocycles. The smallest absolute Gasteiger partial charge is 0.420 e. The molecule has 121 heavy (non-hydrogen) atoms. The van der Waals surface area contributed by atoms with Crippen molar-refractivity contribution < 1.29 is 96.5 Å². The summed E-state index contributed by atoms with van der Waals surface area (Å²) in [4.78, 5) is 24.3. The summed E-state index contributed by atoms with van der Waals surface area (Å²) in [5, 5.41) is 30.5. The normalized spacial score (nSPS) is 23.9. The molecule has 5 saturated carbocycles. The van der Waals surface area contributed by atoms with Crippen molar-refractivity contribution in [3.63, 3.8) is 0 Å². The molecule has 6 aliphatic rings. The van der Waals surface area contributed by atoms with Crippen LogP contribution in [0.1, 0.15) is 301 Å². The number of benzene rings is 8. The van der Waals surface area contributed by atoms with Crippen LogP contribution in [0.5, 0.6) is 23.0 Å². The fourth-order valence-corrected chi connectivity index (χ4v) is 19.0. The van der Waals surface area contributed by atoms with Crippen LogP contribution in [0.3, 0.4) is 0 Å². The number of likely N-dealkylation sites (tertiary alicyclic amines) is 1. The van der Waals surface area contributed by atoms with E-state index in [9.17, 15) is 67.4 Å². The third kappa shape index (κ3) is 26.4. The lowest BCUT2D eigenvalue weighted by Crippen LogP contribution is -2.37. The molecule has 0 bridgehead atoms. The molecule has 0 amide bonds. The van der Waals surface area contributed by atoms with E-state index in [1.807, 2.05) is 19.9 Å². The Bertz CT molecular complexity index is 4510. The number of aliphatic hydroxyl groups excluding tert-OH is 2. The number of piperidine rings is 1. The van der Waals surface area contributed by atoms with E-state index in [1.165, 1.54) is 67.8 Å². The maximum atomic E-state index is 14.2. The molecule has 23 heteroatoms. The molecule has 6 fully saturated rings. The Morgan fingerprint density at radius 2 is 0.711 bits per heavy atom. The van der Waals surface area contributed by atoms with E-state index in [0.717, 1.165) is 178 Å². The van der Waals surface area contributed by atoms with Gasteiger partial charge in [-0.2, -0.15) is 52.7 Å². The van der Waals surface area contributed by atoms with Gasteiger partial charge in [0.1, 0.15) is 51.5 Å². The monoisotopic (exact) mass is 1760 g/mol. The van der Waals surface area contributed by atoms with Gasteiger partial charge in [-0.25, -0.2) is 0 Å². The quantitative estimate of drug-likeness (QED) is 0.0385. The van der Waals surface area contributed by atoms with Crippen molar-refractivity contribution in [2.75, 3.05) is 13.1 Å². The van der Waals surface area contributed by atoms with Crippen LogP contribution < -0.4 is 18.9 Å². The standard InChI is InChI=1S/C28H36F3NO3.C21H24BrF3O.C21H25F3O2.C20H21F3O2.C8H16O/c1-3-19-6-10-23(11-7-19)35-25-13-9-22-16-21(8-12-24(22)27(25)28(29,30)31)18(2)32-14-4-5-20(17-32)15-26(33)34;1-3-14-4-8-17(9-5-14)26-19-11-7-16-12-15(13(2)22)6-10-18(16)20(19)21(23,24)25;1-3-14-4-8-17(9-5-14)26-19-11-7-16-12-15(13(2)25)6-10-18(16)20(19)21(22,23)24;1-2-13-3-7-16(8-4-13)25-18-10-6-15-11-14(12-24)5-9-17(15)19(18)20(21,22)23;1-2-7-3-5-8(9)6-4-7/h8-9,12-13,16,18-20,23H,3-7,10-11,14-15,17H2,1-2H3,(H,33,34);6-7,10-14,17H,3-5,8-9H2,1-2H3;6-7,10-14,17,25H,3-5,8-9H2,1-2H3;5-6,9-13,16H,2-4,7-8H2,1H3;7-9H,2-6H2,1H3/t18?,19?,20-,23?;;;;/m1..../s1. The predicted octanol–water partition coefficient (Wildman–Crippen LogP) is 29.3. The van der Waals surface area contributed by atoms with Crippen molar-refractivity contribution >= 4 is 71.3 Å². The highest BCUT2D eigenvalue weighted by atomic mass is 79.9. The molecule has 3 N–H and O–H groups in total. The SMILES string of the molecule is CCC1CCC(O)CC1.CCC1CCC(Oc2ccc3cc(C(C)Br)ccc3c2C(F)(F)F)CC1.CCC1CCC(Oc2ccc3cc(C(C)N4CCC[C@H](CC(=O)O)C4)ccc3c2C(F)(F)F)CC1.CCC1CCC(Oc2ccc3cc(C(C)O)ccc3c2C(F)(F)F)CC1.CCC1CCC(Oc2ccc3cc(C=O)ccc3c2C(F)(F)F)CC1. The molecule has 14 rings (SSSR count). The Hall–Kier alpha value is -7.34. The Labute approximate surface area is 713 Å². The first-order chi connectivity index (χ1) is 57.5. The number of carbonyl (C=O) groups excluding carboxylic acids is 1. The van der Waals surface area contributed by atoms with Gasteiger partial charge in [-0.15, -0.1) is 0 Å². The number of hydrogen-bond donors (Lipinski definition) is 3.